The summed E-state index contributed by atoms with van der Waals surface area (Å²) in [5.41, 5.74) is 1.82. The van der Waals surface area contributed by atoms with Crippen LogP contribution in [-0.4, -0.2) is 26.6 Å². The molecule has 0 saturated heterocycles. The van der Waals surface area contributed by atoms with Crippen LogP contribution in [0.1, 0.15) is 15.9 Å². The molecule has 2 aromatic carbocycles. The van der Waals surface area contributed by atoms with Crippen LogP contribution < -0.4 is 0 Å². The van der Waals surface area contributed by atoms with Crippen molar-refractivity contribution in [3.8, 4) is 11.4 Å². The molecule has 132 valence electrons. The maximum Gasteiger partial charge on any atom is 0.286 e. The highest BCUT2D eigenvalue weighted by Gasteiger charge is 2.18. The lowest BCUT2D eigenvalue weighted by Gasteiger charge is -2.02. The van der Waals surface area contributed by atoms with Crippen molar-refractivity contribution in [2.24, 2.45) is 0 Å². The van der Waals surface area contributed by atoms with Gasteiger partial charge in [0.15, 0.2) is 5.78 Å². The Hall–Kier alpha value is -2.71. The lowest BCUT2D eigenvalue weighted by atomic mass is 10.1. The highest BCUT2D eigenvalue weighted by atomic mass is 35.5. The number of Topliss-reactive ketones (excluding diaryl/α,β-unsaturated/α-hetero) is 1. The fourth-order valence-electron chi connectivity index (χ4n) is 2.13. The van der Waals surface area contributed by atoms with Crippen molar-refractivity contribution >= 4 is 34.8 Å². The third kappa shape index (κ3) is 4.09. The number of ketones is 1. The summed E-state index contributed by atoms with van der Waals surface area (Å²) in [4.78, 5) is 26.8. The first kappa shape index (κ1) is 18.1. The Morgan fingerprint density at radius 1 is 1.27 bits per heavy atom. The minimum Gasteiger partial charge on any atom is -0.327 e. The fraction of sp³-hybridized carbons (Fsp3) is 0.118. The van der Waals surface area contributed by atoms with Gasteiger partial charge in [-0.25, -0.2) is 0 Å². The summed E-state index contributed by atoms with van der Waals surface area (Å²) >= 11 is 7.02. The molecular formula is C17H12ClN3O4S. The van der Waals surface area contributed by atoms with E-state index in [-0.39, 0.29) is 33.0 Å². The summed E-state index contributed by atoms with van der Waals surface area (Å²) in [6, 6.07) is 11.4. The van der Waals surface area contributed by atoms with Crippen molar-refractivity contribution < 1.29 is 14.2 Å². The van der Waals surface area contributed by atoms with Crippen LogP contribution in [0.3, 0.4) is 0 Å². The monoisotopic (exact) mass is 389 g/mol. The molecule has 0 amide bonds. The van der Waals surface area contributed by atoms with E-state index in [4.69, 9.17) is 16.1 Å². The highest BCUT2D eigenvalue weighted by Crippen LogP contribution is 2.26. The van der Waals surface area contributed by atoms with Crippen molar-refractivity contribution in [3.63, 3.8) is 0 Å². The zero-order valence-corrected chi connectivity index (χ0v) is 15.1. The molecule has 0 spiro atoms. The van der Waals surface area contributed by atoms with Crippen LogP contribution in [0.5, 0.6) is 0 Å². The minimum atomic E-state index is -0.577. The van der Waals surface area contributed by atoms with Crippen LogP contribution in [0.15, 0.2) is 52.2 Å². The molecular weight excluding hydrogens is 378 g/mol. The molecule has 26 heavy (non-hydrogen) atoms. The van der Waals surface area contributed by atoms with E-state index in [2.05, 4.69) is 10.1 Å². The average molecular weight is 390 g/mol. The Morgan fingerprint density at radius 2 is 2.00 bits per heavy atom. The summed E-state index contributed by atoms with van der Waals surface area (Å²) < 4.78 is 5.14. The zero-order valence-electron chi connectivity index (χ0n) is 13.5. The Bertz CT molecular complexity index is 972. The summed E-state index contributed by atoms with van der Waals surface area (Å²) in [6.45, 7) is 1.98. The summed E-state index contributed by atoms with van der Waals surface area (Å²) in [5, 5.41) is 15.1. The molecule has 3 rings (SSSR count). The first-order chi connectivity index (χ1) is 12.4. The van der Waals surface area contributed by atoms with Crippen molar-refractivity contribution in [2.45, 2.75) is 12.1 Å². The predicted octanol–water partition coefficient (Wildman–Crippen LogP) is 4.58. The SMILES string of the molecule is Cc1ccc(-c2noc(SCC(=O)c3cc([N+](=O)[O-])ccc3Cl)n2)cc1. The lowest BCUT2D eigenvalue weighted by molar-refractivity contribution is -0.384. The molecule has 0 N–H and O–H groups in total. The van der Waals surface area contributed by atoms with Crippen molar-refractivity contribution in [2.75, 3.05) is 5.75 Å². The van der Waals surface area contributed by atoms with Gasteiger partial charge in [-0.2, -0.15) is 4.98 Å². The number of hydrogen-bond acceptors (Lipinski definition) is 7. The number of benzene rings is 2. The van der Waals surface area contributed by atoms with Gasteiger partial charge in [0.25, 0.3) is 10.9 Å². The van der Waals surface area contributed by atoms with E-state index in [9.17, 15) is 14.9 Å². The van der Waals surface area contributed by atoms with Gasteiger partial charge in [-0.3, -0.25) is 14.9 Å². The van der Waals surface area contributed by atoms with Gasteiger partial charge in [0, 0.05) is 23.3 Å². The number of non-ortho nitro benzene ring substituents is 1. The minimum absolute atomic E-state index is 0.0313. The van der Waals surface area contributed by atoms with Gasteiger partial charge in [-0.1, -0.05) is 58.3 Å². The van der Waals surface area contributed by atoms with E-state index in [0.717, 1.165) is 29.0 Å². The van der Waals surface area contributed by atoms with Gasteiger partial charge in [0.2, 0.25) is 5.82 Å². The number of hydrogen-bond donors (Lipinski definition) is 0. The number of halogens is 1. The third-order valence-electron chi connectivity index (χ3n) is 3.51. The van der Waals surface area contributed by atoms with Crippen LogP contribution in [0.2, 0.25) is 5.02 Å². The number of aromatic nitrogens is 2. The third-order valence-corrected chi connectivity index (χ3v) is 4.65. The van der Waals surface area contributed by atoms with Crippen LogP contribution in [0, 0.1) is 17.0 Å². The van der Waals surface area contributed by atoms with E-state index < -0.39 is 4.92 Å². The number of nitro benzene ring substituents is 1. The Balaban J connectivity index is 1.70. The van der Waals surface area contributed by atoms with E-state index in [1.807, 2.05) is 31.2 Å². The van der Waals surface area contributed by atoms with Gasteiger partial charge in [-0.05, 0) is 13.0 Å². The molecule has 0 saturated carbocycles. The van der Waals surface area contributed by atoms with E-state index in [1.54, 1.807) is 0 Å². The van der Waals surface area contributed by atoms with Crippen molar-refractivity contribution in [1.29, 1.82) is 0 Å². The Morgan fingerprint density at radius 3 is 2.69 bits per heavy atom. The first-order valence-electron chi connectivity index (χ1n) is 7.45. The Kier molecular flexibility index (Phi) is 5.34. The van der Waals surface area contributed by atoms with Gasteiger partial charge in [-0.15, -0.1) is 0 Å². The molecule has 7 nitrogen and oxygen atoms in total. The van der Waals surface area contributed by atoms with E-state index in [0.29, 0.717) is 5.82 Å². The molecule has 3 aromatic rings. The topological polar surface area (TPSA) is 99.1 Å². The van der Waals surface area contributed by atoms with Gasteiger partial charge >= 0.3 is 0 Å². The second kappa shape index (κ2) is 7.67. The standard InChI is InChI=1S/C17H12ClN3O4S/c1-10-2-4-11(5-3-10)16-19-17(25-20-16)26-9-15(22)13-8-12(21(23)24)6-7-14(13)18/h2-8H,9H2,1H3. The smallest absolute Gasteiger partial charge is 0.286 e. The quantitative estimate of drug-likeness (QED) is 0.263. The normalized spacial score (nSPS) is 10.7. The van der Waals surface area contributed by atoms with Crippen LogP contribution in [0.4, 0.5) is 5.69 Å². The van der Waals surface area contributed by atoms with Gasteiger partial charge in [0.05, 0.1) is 15.7 Å². The first-order valence-corrected chi connectivity index (χ1v) is 8.81. The molecule has 0 radical (unpaired) electrons. The maximum absolute atomic E-state index is 12.3. The second-order valence-corrected chi connectivity index (χ2v) is 6.72. The van der Waals surface area contributed by atoms with Crippen LogP contribution in [0.25, 0.3) is 11.4 Å². The number of nitrogens with zero attached hydrogens (tertiary/aromatic N) is 3. The number of rotatable bonds is 6. The molecule has 9 heteroatoms. The lowest BCUT2D eigenvalue weighted by Crippen LogP contribution is -2.04. The number of aryl methyl sites for hydroxylation is 1. The summed E-state index contributed by atoms with van der Waals surface area (Å²) in [7, 11) is 0. The molecule has 1 aromatic heterocycles. The maximum atomic E-state index is 12.3. The molecule has 0 unspecified atom stereocenters. The van der Waals surface area contributed by atoms with Crippen molar-refractivity contribution in [1.82, 2.24) is 10.1 Å². The summed E-state index contributed by atoms with van der Waals surface area (Å²) in [5.74, 6) is 0.0308. The average Bonchev–Trinajstić information content (AvgIpc) is 3.09. The zero-order chi connectivity index (χ0) is 18.7. The summed E-state index contributed by atoms with van der Waals surface area (Å²) in [6.07, 6.45) is 0. The van der Waals surface area contributed by atoms with Gasteiger partial charge in [0.1, 0.15) is 0 Å². The second-order valence-electron chi connectivity index (χ2n) is 5.38. The van der Waals surface area contributed by atoms with Crippen LogP contribution >= 0.6 is 23.4 Å². The molecule has 0 aliphatic heterocycles. The molecule has 0 aliphatic rings. The molecule has 0 bridgehead atoms. The number of thioether (sulfide) groups is 1. The molecule has 1 heterocycles. The molecule has 0 fully saturated rings. The van der Waals surface area contributed by atoms with E-state index in [1.165, 1.54) is 12.1 Å². The van der Waals surface area contributed by atoms with Crippen LogP contribution in [-0.2, 0) is 0 Å². The van der Waals surface area contributed by atoms with Gasteiger partial charge < -0.3 is 4.52 Å². The predicted molar refractivity (Wildman–Crippen MR) is 97.6 cm³/mol. The number of carbonyl (C=O) groups is 1. The van der Waals surface area contributed by atoms with E-state index >= 15 is 0 Å². The molecule has 0 atom stereocenters. The highest BCUT2D eigenvalue weighted by molar-refractivity contribution is 7.99. The number of carbonyl (C=O) groups excluding carboxylic acids is 1. The van der Waals surface area contributed by atoms with Crippen molar-refractivity contribution in [3.05, 3.63) is 68.7 Å². The largest absolute Gasteiger partial charge is 0.327 e. The molecule has 0 aliphatic carbocycles. The number of nitro groups is 1. The fourth-order valence-corrected chi connectivity index (χ4v) is 3.01. The Labute approximate surface area is 157 Å².